The van der Waals surface area contributed by atoms with Crippen molar-refractivity contribution in [3.05, 3.63) is 35.4 Å². The molecule has 2 unspecified atom stereocenters. The van der Waals surface area contributed by atoms with Crippen LogP contribution in [0.4, 0.5) is 4.39 Å². The van der Waals surface area contributed by atoms with E-state index in [4.69, 9.17) is 4.74 Å². The number of hydrogen-bond donors (Lipinski definition) is 0. The Balaban J connectivity index is 1.56. The van der Waals surface area contributed by atoms with Gasteiger partial charge in [-0.25, -0.2) is 4.39 Å². The highest BCUT2D eigenvalue weighted by Gasteiger charge is 2.39. The molecule has 1 aliphatic carbocycles. The minimum absolute atomic E-state index is 0.0329. The Hall–Kier alpha value is -2.35. The summed E-state index contributed by atoms with van der Waals surface area (Å²) < 4.78 is 21.9. The lowest BCUT2D eigenvalue weighted by atomic mass is 10.1. The number of carbonyl (C=O) groups is 1. The standard InChI is InChI=1S/C17H20FN5O2/c1-10-8-22(9-16(25-10)12-3-4-12)17(24)14-6-5-13(7-15(14)18)23-11(2)19-20-21-23/h5-7,10,12,16H,3-4,8-9H2,1-2H3. The summed E-state index contributed by atoms with van der Waals surface area (Å²) in [5.41, 5.74) is 0.556. The third kappa shape index (κ3) is 3.13. The van der Waals surface area contributed by atoms with E-state index in [-0.39, 0.29) is 23.7 Å². The van der Waals surface area contributed by atoms with Crippen molar-refractivity contribution in [2.45, 2.75) is 38.9 Å². The maximum atomic E-state index is 14.6. The van der Waals surface area contributed by atoms with Crippen molar-refractivity contribution in [2.24, 2.45) is 5.92 Å². The quantitative estimate of drug-likeness (QED) is 0.847. The summed E-state index contributed by atoms with van der Waals surface area (Å²) in [6.07, 6.45) is 2.33. The van der Waals surface area contributed by atoms with Crippen molar-refractivity contribution >= 4 is 5.91 Å². The van der Waals surface area contributed by atoms with Crippen LogP contribution in [0.2, 0.25) is 0 Å². The predicted molar refractivity (Wildman–Crippen MR) is 86.8 cm³/mol. The van der Waals surface area contributed by atoms with Crippen molar-refractivity contribution in [3.8, 4) is 5.69 Å². The number of aromatic nitrogens is 4. The zero-order valence-electron chi connectivity index (χ0n) is 14.2. The van der Waals surface area contributed by atoms with Crippen LogP contribution in [-0.4, -0.2) is 56.3 Å². The van der Waals surface area contributed by atoms with Crippen LogP contribution in [0.25, 0.3) is 5.69 Å². The highest BCUT2D eigenvalue weighted by Crippen LogP contribution is 2.37. The first kappa shape index (κ1) is 16.1. The summed E-state index contributed by atoms with van der Waals surface area (Å²) in [6, 6.07) is 4.45. The van der Waals surface area contributed by atoms with Gasteiger partial charge in [0.25, 0.3) is 5.91 Å². The average Bonchev–Trinajstić information content (AvgIpc) is 3.35. The van der Waals surface area contributed by atoms with Crippen LogP contribution in [-0.2, 0) is 4.74 Å². The molecule has 0 radical (unpaired) electrons. The number of aryl methyl sites for hydroxylation is 1. The van der Waals surface area contributed by atoms with Crippen LogP contribution >= 0.6 is 0 Å². The molecule has 132 valence electrons. The molecule has 0 bridgehead atoms. The Morgan fingerprint density at radius 2 is 2.12 bits per heavy atom. The largest absolute Gasteiger partial charge is 0.371 e. The van der Waals surface area contributed by atoms with E-state index in [0.29, 0.717) is 30.5 Å². The SMILES string of the molecule is Cc1nnnn1-c1ccc(C(=O)N2CC(C)OC(C3CC3)C2)c(F)c1. The van der Waals surface area contributed by atoms with Gasteiger partial charge in [-0.15, -0.1) is 5.10 Å². The summed E-state index contributed by atoms with van der Waals surface area (Å²) in [5, 5.41) is 11.1. The topological polar surface area (TPSA) is 73.1 Å². The molecular formula is C17H20FN5O2. The zero-order valence-corrected chi connectivity index (χ0v) is 14.2. The Labute approximate surface area is 144 Å². The average molecular weight is 345 g/mol. The summed E-state index contributed by atoms with van der Waals surface area (Å²) >= 11 is 0. The number of morpholine rings is 1. The molecule has 2 aliphatic rings. The second-order valence-electron chi connectivity index (χ2n) is 6.83. The number of amides is 1. The summed E-state index contributed by atoms with van der Waals surface area (Å²) in [4.78, 5) is 14.5. The number of ether oxygens (including phenoxy) is 1. The van der Waals surface area contributed by atoms with Gasteiger partial charge in [-0.05, 0) is 55.2 Å². The van der Waals surface area contributed by atoms with Crippen LogP contribution in [0.3, 0.4) is 0 Å². The van der Waals surface area contributed by atoms with Gasteiger partial charge < -0.3 is 9.64 Å². The lowest BCUT2D eigenvalue weighted by Gasteiger charge is -2.37. The van der Waals surface area contributed by atoms with Gasteiger partial charge >= 0.3 is 0 Å². The molecule has 8 heteroatoms. The molecule has 1 aromatic heterocycles. The van der Waals surface area contributed by atoms with Crippen LogP contribution < -0.4 is 0 Å². The molecule has 2 heterocycles. The number of rotatable bonds is 3. The summed E-state index contributed by atoms with van der Waals surface area (Å²) in [6.45, 7) is 4.69. The van der Waals surface area contributed by atoms with E-state index in [2.05, 4.69) is 15.5 Å². The number of hydrogen-bond acceptors (Lipinski definition) is 5. The minimum Gasteiger partial charge on any atom is -0.371 e. The van der Waals surface area contributed by atoms with Crippen molar-refractivity contribution < 1.29 is 13.9 Å². The number of halogens is 1. The lowest BCUT2D eigenvalue weighted by molar-refractivity contribution is -0.0762. The van der Waals surface area contributed by atoms with E-state index in [1.807, 2.05) is 6.92 Å². The molecule has 4 rings (SSSR count). The van der Waals surface area contributed by atoms with Gasteiger partial charge in [0.1, 0.15) is 5.82 Å². The van der Waals surface area contributed by atoms with Crippen LogP contribution in [0.15, 0.2) is 18.2 Å². The molecule has 2 aromatic rings. The van der Waals surface area contributed by atoms with Gasteiger partial charge in [0.05, 0.1) is 23.5 Å². The van der Waals surface area contributed by atoms with E-state index < -0.39 is 5.82 Å². The summed E-state index contributed by atoms with van der Waals surface area (Å²) in [5.74, 6) is 0.221. The minimum atomic E-state index is -0.570. The van der Waals surface area contributed by atoms with E-state index in [9.17, 15) is 9.18 Å². The van der Waals surface area contributed by atoms with Gasteiger partial charge in [-0.3, -0.25) is 4.79 Å². The third-order valence-electron chi connectivity index (χ3n) is 4.77. The molecule has 0 spiro atoms. The molecule has 1 saturated heterocycles. The maximum absolute atomic E-state index is 14.6. The fourth-order valence-electron chi connectivity index (χ4n) is 3.33. The normalized spacial score (nSPS) is 23.7. The fraction of sp³-hybridized carbons (Fsp3) is 0.529. The highest BCUT2D eigenvalue weighted by atomic mass is 19.1. The smallest absolute Gasteiger partial charge is 0.257 e. The lowest BCUT2D eigenvalue weighted by Crippen LogP contribution is -2.50. The van der Waals surface area contributed by atoms with Crippen molar-refractivity contribution in [3.63, 3.8) is 0 Å². The van der Waals surface area contributed by atoms with Gasteiger partial charge in [-0.2, -0.15) is 4.68 Å². The molecule has 0 N–H and O–H groups in total. The van der Waals surface area contributed by atoms with Crippen LogP contribution in [0, 0.1) is 18.7 Å². The van der Waals surface area contributed by atoms with Crippen LogP contribution in [0.1, 0.15) is 35.9 Å². The molecular weight excluding hydrogens is 325 g/mol. The zero-order chi connectivity index (χ0) is 17.6. The number of tetrazole rings is 1. The maximum Gasteiger partial charge on any atom is 0.257 e. The molecule has 25 heavy (non-hydrogen) atoms. The van der Waals surface area contributed by atoms with E-state index >= 15 is 0 Å². The molecule has 1 amide bonds. The molecule has 1 saturated carbocycles. The molecule has 7 nitrogen and oxygen atoms in total. The fourth-order valence-corrected chi connectivity index (χ4v) is 3.33. The first-order valence-electron chi connectivity index (χ1n) is 8.52. The molecule has 1 aromatic carbocycles. The predicted octanol–water partition coefficient (Wildman–Crippen LogP) is 1.75. The number of carbonyl (C=O) groups excluding carboxylic acids is 1. The van der Waals surface area contributed by atoms with Crippen molar-refractivity contribution in [1.29, 1.82) is 0 Å². The van der Waals surface area contributed by atoms with Crippen molar-refractivity contribution in [1.82, 2.24) is 25.1 Å². The summed E-state index contributed by atoms with van der Waals surface area (Å²) in [7, 11) is 0. The Bertz CT molecular complexity index is 804. The first-order chi connectivity index (χ1) is 12.0. The van der Waals surface area contributed by atoms with Gasteiger partial charge in [0.15, 0.2) is 5.82 Å². The van der Waals surface area contributed by atoms with E-state index in [0.717, 1.165) is 12.8 Å². The van der Waals surface area contributed by atoms with Crippen molar-refractivity contribution in [2.75, 3.05) is 13.1 Å². The molecule has 2 fully saturated rings. The Morgan fingerprint density at radius 1 is 1.32 bits per heavy atom. The number of nitrogens with zero attached hydrogens (tertiary/aromatic N) is 5. The van der Waals surface area contributed by atoms with E-state index in [1.54, 1.807) is 17.9 Å². The molecule has 2 atom stereocenters. The molecule has 1 aliphatic heterocycles. The number of benzene rings is 1. The van der Waals surface area contributed by atoms with E-state index in [1.165, 1.54) is 16.8 Å². The van der Waals surface area contributed by atoms with Gasteiger partial charge in [0.2, 0.25) is 0 Å². The van der Waals surface area contributed by atoms with Gasteiger partial charge in [-0.1, -0.05) is 0 Å². The Morgan fingerprint density at radius 3 is 2.76 bits per heavy atom. The monoisotopic (exact) mass is 345 g/mol. The van der Waals surface area contributed by atoms with Crippen LogP contribution in [0.5, 0.6) is 0 Å². The second kappa shape index (κ2) is 6.18. The first-order valence-corrected chi connectivity index (χ1v) is 8.52. The Kier molecular flexibility index (Phi) is 3.99. The third-order valence-corrected chi connectivity index (χ3v) is 4.77. The van der Waals surface area contributed by atoms with Gasteiger partial charge in [0, 0.05) is 19.2 Å². The second-order valence-corrected chi connectivity index (χ2v) is 6.83. The highest BCUT2D eigenvalue weighted by molar-refractivity contribution is 5.94.